The van der Waals surface area contributed by atoms with Crippen LogP contribution in [-0.4, -0.2) is 42.4 Å². The SMILES string of the molecule is CCC(CSF)N(CC)CCCOC(=O)c1ccccc1. The number of hydrogen-bond donors (Lipinski definition) is 0. The van der Waals surface area contributed by atoms with Crippen molar-refractivity contribution in [3.05, 3.63) is 35.9 Å². The van der Waals surface area contributed by atoms with E-state index in [-0.39, 0.29) is 12.0 Å². The molecule has 0 saturated carbocycles. The summed E-state index contributed by atoms with van der Waals surface area (Å²) in [7, 11) is 0. The van der Waals surface area contributed by atoms with Crippen molar-refractivity contribution in [1.82, 2.24) is 4.90 Å². The molecule has 1 rings (SSSR count). The van der Waals surface area contributed by atoms with Gasteiger partial charge >= 0.3 is 5.97 Å². The molecule has 0 N–H and O–H groups in total. The second kappa shape index (κ2) is 10.6. The molecule has 21 heavy (non-hydrogen) atoms. The van der Waals surface area contributed by atoms with Crippen molar-refractivity contribution in [3.63, 3.8) is 0 Å². The molecular formula is C16H24FNO2S. The van der Waals surface area contributed by atoms with Gasteiger partial charge in [-0.05, 0) is 31.5 Å². The summed E-state index contributed by atoms with van der Waals surface area (Å²) in [5, 5.41) is 0. The summed E-state index contributed by atoms with van der Waals surface area (Å²) in [6.07, 6.45) is 1.69. The number of nitrogens with zero attached hydrogens (tertiary/aromatic N) is 1. The highest BCUT2D eigenvalue weighted by Gasteiger charge is 2.15. The second-order valence-corrected chi connectivity index (χ2v) is 5.37. The van der Waals surface area contributed by atoms with Gasteiger partial charge in [0, 0.05) is 30.5 Å². The Morgan fingerprint density at radius 1 is 1.33 bits per heavy atom. The first kappa shape index (κ1) is 18.0. The third-order valence-corrected chi connectivity index (χ3v) is 3.99. The number of benzene rings is 1. The molecule has 1 aromatic rings. The van der Waals surface area contributed by atoms with E-state index in [4.69, 9.17) is 4.74 Å². The molecule has 0 fully saturated rings. The van der Waals surface area contributed by atoms with Gasteiger partial charge < -0.3 is 4.74 Å². The van der Waals surface area contributed by atoms with E-state index in [0.717, 1.165) is 25.9 Å². The van der Waals surface area contributed by atoms with E-state index in [0.29, 0.717) is 30.1 Å². The van der Waals surface area contributed by atoms with Crippen LogP contribution in [0.4, 0.5) is 3.89 Å². The molecule has 0 radical (unpaired) electrons. The Bertz CT molecular complexity index is 403. The molecule has 0 bridgehead atoms. The summed E-state index contributed by atoms with van der Waals surface area (Å²) in [4.78, 5) is 14.0. The molecule has 0 heterocycles. The Balaban J connectivity index is 2.30. The average molecular weight is 313 g/mol. The lowest BCUT2D eigenvalue weighted by atomic mass is 10.2. The van der Waals surface area contributed by atoms with Crippen molar-refractivity contribution in [3.8, 4) is 0 Å². The van der Waals surface area contributed by atoms with Crippen molar-refractivity contribution >= 4 is 18.1 Å². The van der Waals surface area contributed by atoms with Crippen LogP contribution in [0.1, 0.15) is 37.0 Å². The van der Waals surface area contributed by atoms with Gasteiger partial charge in [-0.25, -0.2) is 4.79 Å². The fourth-order valence-corrected chi connectivity index (χ4v) is 2.84. The van der Waals surface area contributed by atoms with Crippen LogP contribution >= 0.6 is 12.1 Å². The molecule has 0 aliphatic rings. The number of carbonyl (C=O) groups excluding carboxylic acids is 1. The van der Waals surface area contributed by atoms with Crippen LogP contribution in [0.5, 0.6) is 0 Å². The summed E-state index contributed by atoms with van der Waals surface area (Å²) in [5.74, 6) is 0.207. The van der Waals surface area contributed by atoms with Gasteiger partial charge in [0.05, 0.1) is 12.2 Å². The Hall–Kier alpha value is -1.07. The molecule has 1 aromatic carbocycles. The number of carbonyl (C=O) groups is 1. The molecule has 1 unspecified atom stereocenters. The van der Waals surface area contributed by atoms with Crippen molar-refractivity contribution < 1.29 is 13.4 Å². The maximum Gasteiger partial charge on any atom is 0.338 e. The van der Waals surface area contributed by atoms with Crippen LogP contribution in [-0.2, 0) is 4.74 Å². The van der Waals surface area contributed by atoms with Crippen LogP contribution in [0.25, 0.3) is 0 Å². The van der Waals surface area contributed by atoms with Gasteiger partial charge in [-0.3, -0.25) is 4.90 Å². The van der Waals surface area contributed by atoms with Crippen LogP contribution in [0.2, 0.25) is 0 Å². The lowest BCUT2D eigenvalue weighted by Crippen LogP contribution is -2.37. The topological polar surface area (TPSA) is 29.5 Å². The van der Waals surface area contributed by atoms with Crippen LogP contribution in [0.3, 0.4) is 0 Å². The van der Waals surface area contributed by atoms with Gasteiger partial charge in [0.25, 0.3) is 0 Å². The van der Waals surface area contributed by atoms with E-state index in [1.807, 2.05) is 18.2 Å². The molecule has 0 aromatic heterocycles. The number of rotatable bonds is 10. The average Bonchev–Trinajstić information content (AvgIpc) is 2.54. The monoisotopic (exact) mass is 313 g/mol. The van der Waals surface area contributed by atoms with E-state index in [1.165, 1.54) is 0 Å². The highest BCUT2D eigenvalue weighted by molar-refractivity contribution is 7.94. The zero-order chi connectivity index (χ0) is 15.5. The molecule has 0 saturated heterocycles. The maximum atomic E-state index is 12.4. The molecule has 0 aliphatic carbocycles. The Labute approximate surface area is 131 Å². The fraction of sp³-hybridized carbons (Fsp3) is 0.562. The van der Waals surface area contributed by atoms with Crippen LogP contribution in [0.15, 0.2) is 30.3 Å². The summed E-state index contributed by atoms with van der Waals surface area (Å²) in [5.41, 5.74) is 0.574. The number of ether oxygens (including phenoxy) is 1. The van der Waals surface area contributed by atoms with E-state index in [9.17, 15) is 8.68 Å². The minimum Gasteiger partial charge on any atom is -0.462 e. The summed E-state index contributed by atoms with van der Waals surface area (Å²) in [6, 6.07) is 9.23. The quantitative estimate of drug-likeness (QED) is 0.483. The van der Waals surface area contributed by atoms with E-state index >= 15 is 0 Å². The Morgan fingerprint density at radius 3 is 2.62 bits per heavy atom. The third kappa shape index (κ3) is 6.48. The largest absolute Gasteiger partial charge is 0.462 e. The fourth-order valence-electron chi connectivity index (χ4n) is 2.24. The van der Waals surface area contributed by atoms with E-state index < -0.39 is 0 Å². The molecule has 1 atom stereocenters. The predicted molar refractivity (Wildman–Crippen MR) is 86.2 cm³/mol. The second-order valence-electron chi connectivity index (χ2n) is 4.82. The first-order valence-corrected chi connectivity index (χ1v) is 8.31. The molecular weight excluding hydrogens is 289 g/mol. The summed E-state index contributed by atoms with van der Waals surface area (Å²) in [6.45, 7) is 6.23. The standard InChI is InChI=1S/C16H24FNO2S/c1-3-15(13-21-17)18(4-2)11-8-12-20-16(19)14-9-6-5-7-10-14/h5-7,9-10,15H,3-4,8,11-13H2,1-2H3. The number of hydrogen-bond acceptors (Lipinski definition) is 4. The lowest BCUT2D eigenvalue weighted by molar-refractivity contribution is 0.0483. The zero-order valence-electron chi connectivity index (χ0n) is 12.8. The molecule has 5 heteroatoms. The normalized spacial score (nSPS) is 12.4. The first-order chi connectivity index (χ1) is 10.2. The first-order valence-electron chi connectivity index (χ1n) is 7.42. The zero-order valence-corrected chi connectivity index (χ0v) is 13.6. The van der Waals surface area contributed by atoms with Gasteiger partial charge in [0.15, 0.2) is 0 Å². The summed E-state index contributed by atoms with van der Waals surface area (Å²) < 4.78 is 17.7. The molecule has 3 nitrogen and oxygen atoms in total. The Kier molecular flexibility index (Phi) is 9.10. The Morgan fingerprint density at radius 2 is 2.05 bits per heavy atom. The molecule has 0 aliphatic heterocycles. The van der Waals surface area contributed by atoms with Gasteiger partial charge in [0.2, 0.25) is 0 Å². The van der Waals surface area contributed by atoms with Crippen molar-refractivity contribution in [2.24, 2.45) is 0 Å². The van der Waals surface area contributed by atoms with Gasteiger partial charge in [-0.1, -0.05) is 32.0 Å². The van der Waals surface area contributed by atoms with Crippen LogP contribution in [0, 0.1) is 0 Å². The molecule has 118 valence electrons. The molecule has 0 spiro atoms. The van der Waals surface area contributed by atoms with Crippen molar-refractivity contribution in [2.45, 2.75) is 32.7 Å². The number of esters is 1. The van der Waals surface area contributed by atoms with Gasteiger partial charge in [-0.15, -0.1) is 0 Å². The van der Waals surface area contributed by atoms with E-state index in [2.05, 4.69) is 18.7 Å². The minimum atomic E-state index is -0.287. The maximum absolute atomic E-state index is 12.4. The van der Waals surface area contributed by atoms with Crippen molar-refractivity contribution in [1.29, 1.82) is 0 Å². The highest BCUT2D eigenvalue weighted by Crippen LogP contribution is 2.13. The van der Waals surface area contributed by atoms with E-state index in [1.54, 1.807) is 12.1 Å². The molecule has 0 amide bonds. The number of halogens is 1. The lowest BCUT2D eigenvalue weighted by Gasteiger charge is -2.28. The van der Waals surface area contributed by atoms with Gasteiger partial charge in [0.1, 0.15) is 0 Å². The predicted octanol–water partition coefficient (Wildman–Crippen LogP) is 3.95. The third-order valence-electron chi connectivity index (χ3n) is 3.48. The highest BCUT2D eigenvalue weighted by atomic mass is 32.2. The van der Waals surface area contributed by atoms with Crippen LogP contribution < -0.4 is 0 Å². The smallest absolute Gasteiger partial charge is 0.338 e. The minimum absolute atomic E-state index is 0.245. The summed E-state index contributed by atoms with van der Waals surface area (Å²) >= 11 is 0.392. The van der Waals surface area contributed by atoms with Gasteiger partial charge in [-0.2, -0.15) is 3.89 Å². The van der Waals surface area contributed by atoms with Crippen molar-refractivity contribution in [2.75, 3.05) is 25.4 Å².